The van der Waals surface area contributed by atoms with Crippen LogP contribution in [0.5, 0.6) is 5.75 Å². The van der Waals surface area contributed by atoms with Gasteiger partial charge in [0, 0.05) is 6.42 Å². The first-order valence-corrected chi connectivity index (χ1v) is 5.74. The molecular formula is C13H18FNO. The van der Waals surface area contributed by atoms with Gasteiger partial charge in [-0.15, -0.1) is 0 Å². The van der Waals surface area contributed by atoms with Crippen molar-refractivity contribution < 1.29 is 9.13 Å². The van der Waals surface area contributed by atoms with E-state index < -0.39 is 5.67 Å². The van der Waals surface area contributed by atoms with Crippen molar-refractivity contribution in [2.45, 2.75) is 24.9 Å². The standard InChI is InChI=1S/C13H18FNO/c1-16-12-4-2-11(3-5-12)10-13(14)6-8-15-9-7-13/h2-5,15H,6-10H2,1H3. The number of benzene rings is 1. The first kappa shape index (κ1) is 11.4. The molecular weight excluding hydrogens is 205 g/mol. The molecule has 0 bridgehead atoms. The first-order valence-electron chi connectivity index (χ1n) is 5.74. The molecule has 1 aromatic rings. The van der Waals surface area contributed by atoms with E-state index in [4.69, 9.17) is 4.74 Å². The Morgan fingerprint density at radius 2 is 1.88 bits per heavy atom. The van der Waals surface area contributed by atoms with E-state index in [0.717, 1.165) is 24.4 Å². The van der Waals surface area contributed by atoms with Crippen LogP contribution in [-0.2, 0) is 6.42 Å². The second-order valence-corrected chi connectivity index (χ2v) is 4.43. The van der Waals surface area contributed by atoms with Crippen molar-refractivity contribution in [3.63, 3.8) is 0 Å². The highest BCUT2D eigenvalue weighted by Gasteiger charge is 2.31. The molecule has 0 amide bonds. The number of ether oxygens (including phenoxy) is 1. The van der Waals surface area contributed by atoms with E-state index in [-0.39, 0.29) is 0 Å². The van der Waals surface area contributed by atoms with Gasteiger partial charge < -0.3 is 10.1 Å². The van der Waals surface area contributed by atoms with Crippen LogP contribution in [0.4, 0.5) is 4.39 Å². The fourth-order valence-corrected chi connectivity index (χ4v) is 2.16. The number of hydrogen-bond donors (Lipinski definition) is 1. The molecule has 3 heteroatoms. The van der Waals surface area contributed by atoms with Crippen molar-refractivity contribution in [3.8, 4) is 5.75 Å². The summed E-state index contributed by atoms with van der Waals surface area (Å²) >= 11 is 0. The highest BCUT2D eigenvalue weighted by Crippen LogP contribution is 2.28. The molecule has 0 atom stereocenters. The Bertz CT molecular complexity index is 330. The summed E-state index contributed by atoms with van der Waals surface area (Å²) in [4.78, 5) is 0. The highest BCUT2D eigenvalue weighted by molar-refractivity contribution is 5.28. The minimum absolute atomic E-state index is 0.513. The molecule has 1 heterocycles. The summed E-state index contributed by atoms with van der Waals surface area (Å²) in [6.07, 6.45) is 1.73. The van der Waals surface area contributed by atoms with E-state index in [2.05, 4.69) is 5.32 Å². The Morgan fingerprint density at radius 3 is 2.44 bits per heavy atom. The van der Waals surface area contributed by atoms with Gasteiger partial charge in [0.2, 0.25) is 0 Å². The van der Waals surface area contributed by atoms with Gasteiger partial charge in [0.05, 0.1) is 7.11 Å². The van der Waals surface area contributed by atoms with Crippen molar-refractivity contribution >= 4 is 0 Å². The summed E-state index contributed by atoms with van der Waals surface area (Å²) in [6, 6.07) is 7.67. The van der Waals surface area contributed by atoms with Crippen molar-refractivity contribution in [1.29, 1.82) is 0 Å². The van der Waals surface area contributed by atoms with Gasteiger partial charge in [-0.2, -0.15) is 0 Å². The third-order valence-corrected chi connectivity index (χ3v) is 3.18. The van der Waals surface area contributed by atoms with Gasteiger partial charge in [-0.05, 0) is 43.6 Å². The maximum Gasteiger partial charge on any atom is 0.118 e. The number of hydrogen-bond acceptors (Lipinski definition) is 2. The Morgan fingerprint density at radius 1 is 1.25 bits per heavy atom. The Labute approximate surface area is 95.8 Å². The quantitative estimate of drug-likeness (QED) is 0.849. The Hall–Kier alpha value is -1.09. The summed E-state index contributed by atoms with van der Waals surface area (Å²) in [5.41, 5.74) is 0.0185. The summed E-state index contributed by atoms with van der Waals surface area (Å²) in [6.45, 7) is 1.57. The fraction of sp³-hybridized carbons (Fsp3) is 0.538. The predicted molar refractivity (Wildman–Crippen MR) is 62.6 cm³/mol. The van der Waals surface area contributed by atoms with Crippen LogP contribution in [0.3, 0.4) is 0 Å². The van der Waals surface area contributed by atoms with Gasteiger partial charge in [0.15, 0.2) is 0 Å². The smallest absolute Gasteiger partial charge is 0.118 e. The molecule has 0 radical (unpaired) electrons. The van der Waals surface area contributed by atoms with Crippen molar-refractivity contribution in [3.05, 3.63) is 29.8 Å². The van der Waals surface area contributed by atoms with Crippen LogP contribution in [0.1, 0.15) is 18.4 Å². The van der Waals surface area contributed by atoms with Crippen molar-refractivity contribution in [2.75, 3.05) is 20.2 Å². The van der Waals surface area contributed by atoms with E-state index >= 15 is 0 Å². The van der Waals surface area contributed by atoms with Crippen LogP contribution in [0.25, 0.3) is 0 Å². The van der Waals surface area contributed by atoms with Gasteiger partial charge in [-0.1, -0.05) is 12.1 Å². The zero-order valence-corrected chi connectivity index (χ0v) is 9.63. The number of piperidine rings is 1. The lowest BCUT2D eigenvalue weighted by atomic mass is 9.88. The lowest BCUT2D eigenvalue weighted by Gasteiger charge is -2.30. The predicted octanol–water partition coefficient (Wildman–Crippen LogP) is 2.33. The number of halogens is 1. The van der Waals surface area contributed by atoms with E-state index in [1.54, 1.807) is 7.11 Å². The Balaban J connectivity index is 2.01. The van der Waals surface area contributed by atoms with E-state index in [9.17, 15) is 4.39 Å². The molecule has 2 nitrogen and oxygen atoms in total. The second kappa shape index (κ2) is 4.83. The molecule has 1 saturated heterocycles. The molecule has 1 aliphatic heterocycles. The van der Waals surface area contributed by atoms with Crippen molar-refractivity contribution in [2.24, 2.45) is 0 Å². The molecule has 88 valence electrons. The molecule has 1 aliphatic rings. The highest BCUT2D eigenvalue weighted by atomic mass is 19.1. The zero-order valence-electron chi connectivity index (χ0n) is 9.63. The number of nitrogens with one attached hydrogen (secondary N) is 1. The molecule has 0 unspecified atom stereocenters. The minimum atomic E-state index is -1.03. The largest absolute Gasteiger partial charge is 0.497 e. The van der Waals surface area contributed by atoms with Crippen LogP contribution >= 0.6 is 0 Å². The average molecular weight is 223 g/mol. The number of alkyl halides is 1. The molecule has 0 spiro atoms. The summed E-state index contributed by atoms with van der Waals surface area (Å²) in [5.74, 6) is 0.821. The molecule has 0 aliphatic carbocycles. The molecule has 0 aromatic heterocycles. The topological polar surface area (TPSA) is 21.3 Å². The minimum Gasteiger partial charge on any atom is -0.497 e. The van der Waals surface area contributed by atoms with Crippen LogP contribution in [-0.4, -0.2) is 25.9 Å². The van der Waals surface area contributed by atoms with Crippen LogP contribution < -0.4 is 10.1 Å². The summed E-state index contributed by atoms with van der Waals surface area (Å²) in [5, 5.41) is 3.18. The van der Waals surface area contributed by atoms with Crippen LogP contribution in [0.15, 0.2) is 24.3 Å². The van der Waals surface area contributed by atoms with Crippen LogP contribution in [0, 0.1) is 0 Å². The number of methoxy groups -OCH3 is 1. The van der Waals surface area contributed by atoms with Gasteiger partial charge in [0.1, 0.15) is 11.4 Å². The average Bonchev–Trinajstić information content (AvgIpc) is 2.30. The van der Waals surface area contributed by atoms with Gasteiger partial charge in [-0.3, -0.25) is 0 Å². The SMILES string of the molecule is COc1ccc(CC2(F)CCNCC2)cc1. The van der Waals surface area contributed by atoms with Crippen LogP contribution in [0.2, 0.25) is 0 Å². The molecule has 2 rings (SSSR count). The van der Waals surface area contributed by atoms with E-state index in [1.807, 2.05) is 24.3 Å². The fourth-order valence-electron chi connectivity index (χ4n) is 2.16. The molecule has 1 aromatic carbocycles. The van der Waals surface area contributed by atoms with Gasteiger partial charge in [0.25, 0.3) is 0 Å². The molecule has 1 N–H and O–H groups in total. The third-order valence-electron chi connectivity index (χ3n) is 3.18. The summed E-state index contributed by atoms with van der Waals surface area (Å²) in [7, 11) is 1.64. The number of rotatable bonds is 3. The van der Waals surface area contributed by atoms with E-state index in [0.29, 0.717) is 19.3 Å². The zero-order chi connectivity index (χ0) is 11.4. The normalized spacial score (nSPS) is 19.4. The van der Waals surface area contributed by atoms with E-state index in [1.165, 1.54) is 0 Å². The lowest BCUT2D eigenvalue weighted by molar-refractivity contribution is 0.116. The van der Waals surface area contributed by atoms with Gasteiger partial charge in [-0.25, -0.2) is 4.39 Å². The third kappa shape index (κ3) is 2.73. The lowest BCUT2D eigenvalue weighted by Crippen LogP contribution is -2.40. The Kier molecular flexibility index (Phi) is 3.44. The summed E-state index contributed by atoms with van der Waals surface area (Å²) < 4.78 is 19.5. The maximum absolute atomic E-state index is 14.4. The first-order chi connectivity index (χ1) is 7.72. The molecule has 0 saturated carbocycles. The van der Waals surface area contributed by atoms with Gasteiger partial charge >= 0.3 is 0 Å². The van der Waals surface area contributed by atoms with Crippen molar-refractivity contribution in [1.82, 2.24) is 5.32 Å². The molecule has 16 heavy (non-hydrogen) atoms. The maximum atomic E-state index is 14.4. The monoisotopic (exact) mass is 223 g/mol. The molecule has 1 fully saturated rings. The second-order valence-electron chi connectivity index (χ2n) is 4.43.